The van der Waals surface area contributed by atoms with E-state index >= 15 is 0 Å². The zero-order valence-corrected chi connectivity index (χ0v) is 12.0. The van der Waals surface area contributed by atoms with Gasteiger partial charge in [-0.3, -0.25) is 9.59 Å². The number of amides is 2. The smallest absolute Gasteiger partial charge is 0.322 e. The first-order valence-corrected chi connectivity index (χ1v) is 6.81. The van der Waals surface area contributed by atoms with Crippen LogP contribution in [0.3, 0.4) is 0 Å². The molecular weight excluding hydrogens is 272 g/mol. The van der Waals surface area contributed by atoms with E-state index in [1.807, 2.05) is 0 Å². The fraction of sp³-hybridized carbons (Fsp3) is 0.400. The average molecular weight is 290 g/mol. The third kappa shape index (κ3) is 3.21. The van der Waals surface area contributed by atoms with Crippen LogP contribution in [-0.2, 0) is 4.79 Å². The van der Waals surface area contributed by atoms with Crippen molar-refractivity contribution >= 4 is 23.5 Å². The van der Waals surface area contributed by atoms with Gasteiger partial charge in [0.05, 0.1) is 5.92 Å². The minimum Gasteiger partial charge on any atom is -0.481 e. The minimum atomic E-state index is -0.872. The highest BCUT2D eigenvalue weighted by atomic mass is 16.4. The molecule has 1 aliphatic heterocycles. The molecule has 0 bridgehead atoms. The Labute approximate surface area is 122 Å². The molecule has 2 unspecified atom stereocenters. The van der Waals surface area contributed by atoms with Crippen LogP contribution in [0.15, 0.2) is 24.3 Å². The van der Waals surface area contributed by atoms with E-state index in [0.717, 1.165) is 0 Å². The van der Waals surface area contributed by atoms with Crippen LogP contribution in [0.1, 0.15) is 30.6 Å². The van der Waals surface area contributed by atoms with Gasteiger partial charge >= 0.3 is 12.0 Å². The molecule has 2 amide bonds. The van der Waals surface area contributed by atoms with Crippen molar-refractivity contribution < 1.29 is 19.5 Å². The van der Waals surface area contributed by atoms with E-state index in [4.69, 9.17) is 5.11 Å². The van der Waals surface area contributed by atoms with Gasteiger partial charge in [0.25, 0.3) is 0 Å². The highest BCUT2D eigenvalue weighted by Crippen LogP contribution is 2.25. The summed E-state index contributed by atoms with van der Waals surface area (Å²) in [5.41, 5.74) is 1.16. The van der Waals surface area contributed by atoms with Gasteiger partial charge in [-0.1, -0.05) is 0 Å². The van der Waals surface area contributed by atoms with Crippen LogP contribution in [-0.4, -0.2) is 40.4 Å². The number of urea groups is 1. The van der Waals surface area contributed by atoms with Crippen molar-refractivity contribution in [2.45, 2.75) is 26.3 Å². The summed E-state index contributed by atoms with van der Waals surface area (Å²) in [7, 11) is 0. The van der Waals surface area contributed by atoms with Gasteiger partial charge in [0.2, 0.25) is 0 Å². The fourth-order valence-corrected chi connectivity index (χ4v) is 2.54. The summed E-state index contributed by atoms with van der Waals surface area (Å²) in [5.74, 6) is -1.43. The zero-order valence-electron chi connectivity index (χ0n) is 12.0. The molecule has 21 heavy (non-hydrogen) atoms. The lowest BCUT2D eigenvalue weighted by molar-refractivity contribution is -0.142. The number of Topliss-reactive ketones (excluding diaryl/α,β-unsaturated/α-hetero) is 1. The number of rotatable bonds is 3. The van der Waals surface area contributed by atoms with E-state index in [2.05, 4.69) is 5.32 Å². The maximum Gasteiger partial charge on any atom is 0.322 e. The first-order valence-electron chi connectivity index (χ1n) is 6.81. The van der Waals surface area contributed by atoms with Gasteiger partial charge < -0.3 is 15.3 Å². The zero-order chi connectivity index (χ0) is 15.6. The topological polar surface area (TPSA) is 86.7 Å². The Balaban J connectivity index is 2.02. The van der Waals surface area contributed by atoms with E-state index in [-0.39, 0.29) is 17.9 Å². The molecule has 2 atom stereocenters. The van der Waals surface area contributed by atoms with Crippen molar-refractivity contribution in [3.8, 4) is 0 Å². The van der Waals surface area contributed by atoms with E-state index in [0.29, 0.717) is 24.2 Å². The molecule has 2 N–H and O–H groups in total. The number of ketones is 1. The first-order chi connectivity index (χ1) is 9.90. The molecule has 1 heterocycles. The normalized spacial score (nSPS) is 21.1. The van der Waals surface area contributed by atoms with Crippen molar-refractivity contribution in [2.24, 2.45) is 5.92 Å². The molecular formula is C15H18N2O4. The Hall–Kier alpha value is -2.37. The number of nitrogens with one attached hydrogen (secondary N) is 1. The number of likely N-dealkylation sites (tertiary alicyclic amines) is 1. The van der Waals surface area contributed by atoms with E-state index in [1.54, 1.807) is 31.2 Å². The summed E-state index contributed by atoms with van der Waals surface area (Å²) in [5, 5.41) is 11.8. The summed E-state index contributed by atoms with van der Waals surface area (Å²) >= 11 is 0. The molecule has 6 heteroatoms. The number of nitrogens with zero attached hydrogens (tertiary/aromatic N) is 1. The van der Waals surface area contributed by atoms with Crippen molar-refractivity contribution in [1.29, 1.82) is 0 Å². The van der Waals surface area contributed by atoms with E-state index < -0.39 is 11.9 Å². The van der Waals surface area contributed by atoms with Crippen LogP contribution in [0.5, 0.6) is 0 Å². The molecule has 0 spiro atoms. The molecule has 1 aromatic rings. The summed E-state index contributed by atoms with van der Waals surface area (Å²) < 4.78 is 0. The number of hydrogen-bond acceptors (Lipinski definition) is 3. The lowest BCUT2D eigenvalue weighted by Crippen LogP contribution is -2.40. The monoisotopic (exact) mass is 290 g/mol. The summed E-state index contributed by atoms with van der Waals surface area (Å²) in [6, 6.07) is 5.95. The quantitative estimate of drug-likeness (QED) is 0.836. The number of benzene rings is 1. The van der Waals surface area contributed by atoms with Crippen LogP contribution >= 0.6 is 0 Å². The predicted octanol–water partition coefficient (Wildman–Crippen LogP) is 2.22. The van der Waals surface area contributed by atoms with Crippen LogP contribution in [0, 0.1) is 5.92 Å². The molecule has 6 nitrogen and oxygen atoms in total. The minimum absolute atomic E-state index is 0.0367. The van der Waals surface area contributed by atoms with Gasteiger partial charge in [-0.15, -0.1) is 0 Å². The molecule has 1 aliphatic rings. The average Bonchev–Trinajstić information content (AvgIpc) is 2.81. The number of anilines is 1. The van der Waals surface area contributed by atoms with Crippen molar-refractivity contribution in [2.75, 3.05) is 11.9 Å². The van der Waals surface area contributed by atoms with Crippen LogP contribution in [0.4, 0.5) is 10.5 Å². The van der Waals surface area contributed by atoms with Crippen LogP contribution in [0.2, 0.25) is 0 Å². The standard InChI is InChI=1S/C15H18N2O4/c1-9-13(14(19)20)7-8-17(9)15(21)16-12-5-3-11(4-6-12)10(2)18/h3-6,9,13H,7-8H2,1-2H3,(H,16,21)(H,19,20). The van der Waals surface area contributed by atoms with Crippen molar-refractivity contribution in [3.05, 3.63) is 29.8 Å². The largest absolute Gasteiger partial charge is 0.481 e. The predicted molar refractivity (Wildman–Crippen MR) is 77.4 cm³/mol. The van der Waals surface area contributed by atoms with Gasteiger partial charge in [0, 0.05) is 23.8 Å². The number of carboxylic acids is 1. The third-order valence-electron chi connectivity index (χ3n) is 3.88. The summed E-state index contributed by atoms with van der Waals surface area (Å²) in [4.78, 5) is 35.9. The second-order valence-corrected chi connectivity index (χ2v) is 5.23. The molecule has 1 saturated heterocycles. The second kappa shape index (κ2) is 5.95. The van der Waals surface area contributed by atoms with Gasteiger partial charge in [-0.2, -0.15) is 0 Å². The Bertz CT molecular complexity index is 568. The Morgan fingerprint density at radius 3 is 2.33 bits per heavy atom. The molecule has 0 radical (unpaired) electrons. The Morgan fingerprint density at radius 1 is 1.24 bits per heavy atom. The maximum atomic E-state index is 12.2. The highest BCUT2D eigenvalue weighted by Gasteiger charge is 2.38. The Kier molecular flexibility index (Phi) is 4.26. The molecule has 1 aromatic carbocycles. The lowest BCUT2D eigenvalue weighted by atomic mass is 10.0. The maximum absolute atomic E-state index is 12.2. The SMILES string of the molecule is CC(=O)c1ccc(NC(=O)N2CCC(C(=O)O)C2C)cc1. The number of carbonyl (C=O) groups is 3. The Morgan fingerprint density at radius 2 is 1.86 bits per heavy atom. The first kappa shape index (κ1) is 15.0. The molecule has 0 aromatic heterocycles. The van der Waals surface area contributed by atoms with Gasteiger partial charge in [0.15, 0.2) is 5.78 Å². The van der Waals surface area contributed by atoms with Crippen LogP contribution in [0.25, 0.3) is 0 Å². The summed E-state index contributed by atoms with van der Waals surface area (Å²) in [6.07, 6.45) is 0.465. The van der Waals surface area contributed by atoms with Crippen molar-refractivity contribution in [3.63, 3.8) is 0 Å². The van der Waals surface area contributed by atoms with Gasteiger partial charge in [-0.25, -0.2) is 4.79 Å². The van der Waals surface area contributed by atoms with E-state index in [1.165, 1.54) is 11.8 Å². The molecule has 0 saturated carbocycles. The van der Waals surface area contributed by atoms with Crippen LogP contribution < -0.4 is 5.32 Å². The third-order valence-corrected chi connectivity index (χ3v) is 3.88. The second-order valence-electron chi connectivity index (χ2n) is 5.23. The van der Waals surface area contributed by atoms with Crippen molar-refractivity contribution in [1.82, 2.24) is 4.90 Å². The van der Waals surface area contributed by atoms with E-state index in [9.17, 15) is 14.4 Å². The molecule has 112 valence electrons. The lowest BCUT2D eigenvalue weighted by Gasteiger charge is -2.23. The summed E-state index contributed by atoms with van der Waals surface area (Å²) in [6.45, 7) is 3.64. The highest BCUT2D eigenvalue weighted by molar-refractivity contribution is 5.95. The van der Waals surface area contributed by atoms with Gasteiger partial charge in [0.1, 0.15) is 0 Å². The molecule has 2 rings (SSSR count). The van der Waals surface area contributed by atoms with Gasteiger partial charge in [-0.05, 0) is 44.5 Å². The molecule has 0 aliphatic carbocycles. The molecule has 1 fully saturated rings. The number of aliphatic carboxylic acids is 1. The fourth-order valence-electron chi connectivity index (χ4n) is 2.54. The number of hydrogen-bond donors (Lipinski definition) is 2. The number of carboxylic acid groups (broad SMARTS) is 1. The number of carbonyl (C=O) groups excluding carboxylic acids is 2.